The molecule has 100 valence electrons. The van der Waals surface area contributed by atoms with Gasteiger partial charge in [0.25, 0.3) is 0 Å². The second-order valence-corrected chi connectivity index (χ2v) is 5.03. The highest BCUT2D eigenvalue weighted by Crippen LogP contribution is 2.25. The van der Waals surface area contributed by atoms with Crippen LogP contribution in [-0.4, -0.2) is 16.1 Å². The lowest BCUT2D eigenvalue weighted by molar-refractivity contribution is 0.623. The fourth-order valence-electron chi connectivity index (χ4n) is 2.82. The molecule has 3 rings (SSSR count). The second-order valence-electron chi connectivity index (χ2n) is 5.03. The van der Waals surface area contributed by atoms with E-state index in [0.29, 0.717) is 13.0 Å². The summed E-state index contributed by atoms with van der Waals surface area (Å²) in [5.74, 6) is -0.207. The number of nitrogens with zero attached hydrogens (tertiary/aromatic N) is 2. The number of imidazole rings is 1. The molecule has 0 atom stereocenters. The Bertz CT molecular complexity index is 589. The van der Waals surface area contributed by atoms with Crippen LogP contribution < -0.4 is 5.73 Å². The van der Waals surface area contributed by atoms with E-state index in [4.69, 9.17) is 5.73 Å². The van der Waals surface area contributed by atoms with Crippen molar-refractivity contribution in [3.63, 3.8) is 0 Å². The summed E-state index contributed by atoms with van der Waals surface area (Å²) in [5.41, 5.74) is 10.1. The van der Waals surface area contributed by atoms with Gasteiger partial charge in [-0.05, 0) is 62.4 Å². The van der Waals surface area contributed by atoms with Gasteiger partial charge in [-0.25, -0.2) is 9.37 Å². The third-order valence-corrected chi connectivity index (χ3v) is 3.74. The number of aryl methyl sites for hydroxylation is 1. The van der Waals surface area contributed by atoms with Gasteiger partial charge in [-0.15, -0.1) is 0 Å². The summed E-state index contributed by atoms with van der Waals surface area (Å²) < 4.78 is 15.5. The molecule has 1 aliphatic rings. The van der Waals surface area contributed by atoms with E-state index in [1.807, 2.05) is 12.4 Å². The zero-order chi connectivity index (χ0) is 13.2. The van der Waals surface area contributed by atoms with Gasteiger partial charge in [-0.3, -0.25) is 0 Å². The van der Waals surface area contributed by atoms with Gasteiger partial charge >= 0.3 is 0 Å². The Labute approximate surface area is 112 Å². The maximum Gasteiger partial charge on any atom is 0.123 e. The largest absolute Gasteiger partial charge is 0.330 e. The molecule has 0 saturated heterocycles. The Morgan fingerprint density at radius 3 is 2.95 bits per heavy atom. The molecule has 19 heavy (non-hydrogen) atoms. The Hall–Kier alpha value is -1.68. The van der Waals surface area contributed by atoms with Crippen molar-refractivity contribution >= 4 is 0 Å². The van der Waals surface area contributed by atoms with Crippen LogP contribution in [0.2, 0.25) is 0 Å². The second kappa shape index (κ2) is 5.13. The van der Waals surface area contributed by atoms with E-state index in [1.54, 1.807) is 6.07 Å². The van der Waals surface area contributed by atoms with Gasteiger partial charge in [-0.2, -0.15) is 0 Å². The normalized spacial score (nSPS) is 14.4. The van der Waals surface area contributed by atoms with Crippen molar-refractivity contribution in [3.05, 3.63) is 47.3 Å². The molecule has 4 heteroatoms. The lowest BCUT2D eigenvalue weighted by Crippen LogP contribution is -2.11. The van der Waals surface area contributed by atoms with E-state index >= 15 is 0 Å². The van der Waals surface area contributed by atoms with Crippen molar-refractivity contribution in [2.24, 2.45) is 5.73 Å². The number of fused-ring (bicyclic) bond motifs is 1. The van der Waals surface area contributed by atoms with Gasteiger partial charge in [-0.1, -0.05) is 0 Å². The van der Waals surface area contributed by atoms with Crippen molar-refractivity contribution in [2.75, 3.05) is 6.54 Å². The van der Waals surface area contributed by atoms with Gasteiger partial charge < -0.3 is 10.3 Å². The number of hydrogen-bond donors (Lipinski definition) is 1. The van der Waals surface area contributed by atoms with Crippen LogP contribution in [0.3, 0.4) is 0 Å². The average molecular weight is 259 g/mol. The van der Waals surface area contributed by atoms with Crippen LogP contribution in [0.5, 0.6) is 0 Å². The molecular weight excluding hydrogens is 241 g/mol. The topological polar surface area (TPSA) is 43.8 Å². The first kappa shape index (κ1) is 12.4. The number of halogens is 1. The molecule has 1 heterocycles. The number of hydrogen-bond acceptors (Lipinski definition) is 2. The molecule has 0 amide bonds. The molecule has 0 saturated carbocycles. The molecule has 2 N–H and O–H groups in total. The minimum atomic E-state index is -0.207. The number of benzene rings is 1. The fraction of sp³-hybridized carbons (Fsp3) is 0.400. The van der Waals surface area contributed by atoms with Crippen LogP contribution in [0, 0.1) is 5.82 Å². The minimum absolute atomic E-state index is 0.207. The van der Waals surface area contributed by atoms with Gasteiger partial charge in [0, 0.05) is 5.69 Å². The maximum absolute atomic E-state index is 13.4. The summed E-state index contributed by atoms with van der Waals surface area (Å²) in [5, 5.41) is 0. The highest BCUT2D eigenvalue weighted by atomic mass is 19.1. The molecule has 0 bridgehead atoms. The van der Waals surface area contributed by atoms with Crippen molar-refractivity contribution in [1.29, 1.82) is 0 Å². The van der Waals surface area contributed by atoms with E-state index in [9.17, 15) is 4.39 Å². The SMILES string of the molecule is NCCc1cc(F)ccc1-n1cnc2c1CCCC2. The van der Waals surface area contributed by atoms with Crippen molar-refractivity contribution < 1.29 is 4.39 Å². The lowest BCUT2D eigenvalue weighted by Gasteiger charge is -2.16. The third kappa shape index (κ3) is 2.28. The van der Waals surface area contributed by atoms with Crippen LogP contribution in [0.1, 0.15) is 29.8 Å². The van der Waals surface area contributed by atoms with Crippen LogP contribution in [0.25, 0.3) is 5.69 Å². The molecule has 0 radical (unpaired) electrons. The highest BCUT2D eigenvalue weighted by molar-refractivity contribution is 5.44. The predicted octanol–water partition coefficient (Wildman–Crippen LogP) is 2.39. The Balaban J connectivity index is 2.08. The summed E-state index contributed by atoms with van der Waals surface area (Å²) >= 11 is 0. The number of nitrogens with two attached hydrogens (primary N) is 1. The molecule has 3 nitrogen and oxygen atoms in total. The molecule has 1 aromatic carbocycles. The van der Waals surface area contributed by atoms with E-state index < -0.39 is 0 Å². The average Bonchev–Trinajstić information content (AvgIpc) is 2.83. The molecular formula is C15H18FN3. The number of rotatable bonds is 3. The van der Waals surface area contributed by atoms with Crippen LogP contribution in [0.4, 0.5) is 4.39 Å². The smallest absolute Gasteiger partial charge is 0.123 e. The molecule has 1 aliphatic carbocycles. The summed E-state index contributed by atoms with van der Waals surface area (Å²) in [7, 11) is 0. The first-order chi connectivity index (χ1) is 9.29. The van der Waals surface area contributed by atoms with Gasteiger partial charge in [0.15, 0.2) is 0 Å². The van der Waals surface area contributed by atoms with Crippen molar-refractivity contribution in [1.82, 2.24) is 9.55 Å². The highest BCUT2D eigenvalue weighted by Gasteiger charge is 2.17. The zero-order valence-corrected chi connectivity index (χ0v) is 10.9. The molecule has 1 aromatic heterocycles. The molecule has 0 unspecified atom stereocenters. The van der Waals surface area contributed by atoms with Gasteiger partial charge in [0.05, 0.1) is 17.7 Å². The molecule has 0 fully saturated rings. The lowest BCUT2D eigenvalue weighted by atomic mass is 10.0. The quantitative estimate of drug-likeness (QED) is 0.919. The number of aromatic nitrogens is 2. The van der Waals surface area contributed by atoms with Gasteiger partial charge in [0.2, 0.25) is 0 Å². The van der Waals surface area contributed by atoms with Crippen LogP contribution in [-0.2, 0) is 19.3 Å². The van der Waals surface area contributed by atoms with E-state index in [2.05, 4.69) is 9.55 Å². The molecule has 0 spiro atoms. The fourth-order valence-corrected chi connectivity index (χ4v) is 2.82. The van der Waals surface area contributed by atoms with Crippen LogP contribution in [0.15, 0.2) is 24.5 Å². The van der Waals surface area contributed by atoms with Crippen LogP contribution >= 0.6 is 0 Å². The monoisotopic (exact) mass is 259 g/mol. The molecule has 2 aromatic rings. The van der Waals surface area contributed by atoms with E-state index in [-0.39, 0.29) is 5.82 Å². The standard InChI is InChI=1S/C15H18FN3/c16-12-5-6-14(11(9-12)7-8-17)19-10-18-13-3-1-2-4-15(13)19/h5-6,9-10H,1-4,7-8,17H2. The first-order valence-electron chi connectivity index (χ1n) is 6.83. The summed E-state index contributed by atoms with van der Waals surface area (Å²) in [4.78, 5) is 4.49. The van der Waals surface area contributed by atoms with E-state index in [1.165, 1.54) is 30.3 Å². The zero-order valence-electron chi connectivity index (χ0n) is 10.9. The van der Waals surface area contributed by atoms with Crippen molar-refractivity contribution in [2.45, 2.75) is 32.1 Å². The summed E-state index contributed by atoms with van der Waals surface area (Å²) in [6.45, 7) is 0.521. The summed E-state index contributed by atoms with van der Waals surface area (Å²) in [6.07, 6.45) is 7.06. The maximum atomic E-state index is 13.4. The Morgan fingerprint density at radius 1 is 1.26 bits per heavy atom. The first-order valence-corrected chi connectivity index (χ1v) is 6.83. The van der Waals surface area contributed by atoms with E-state index in [0.717, 1.165) is 24.1 Å². The predicted molar refractivity (Wildman–Crippen MR) is 72.9 cm³/mol. The Morgan fingerprint density at radius 2 is 2.11 bits per heavy atom. The summed E-state index contributed by atoms with van der Waals surface area (Å²) in [6, 6.07) is 4.92. The van der Waals surface area contributed by atoms with Crippen molar-refractivity contribution in [3.8, 4) is 5.69 Å². The van der Waals surface area contributed by atoms with Gasteiger partial charge in [0.1, 0.15) is 5.82 Å². The Kier molecular flexibility index (Phi) is 3.34. The minimum Gasteiger partial charge on any atom is -0.330 e. The molecule has 0 aliphatic heterocycles. The third-order valence-electron chi connectivity index (χ3n) is 3.74.